The second-order valence-corrected chi connectivity index (χ2v) is 7.93. The number of nitrogens with one attached hydrogen (secondary N) is 2. The second kappa shape index (κ2) is 7.24. The number of hydrogen-bond donors (Lipinski definition) is 3. The highest BCUT2D eigenvalue weighted by molar-refractivity contribution is 6.34. The zero-order valence-corrected chi connectivity index (χ0v) is 16.8. The highest BCUT2D eigenvalue weighted by Crippen LogP contribution is 2.35. The second-order valence-electron chi connectivity index (χ2n) is 7.09. The number of nitrogens with zero attached hydrogens (tertiary/aromatic N) is 1. The minimum atomic E-state index is -0.854. The summed E-state index contributed by atoms with van der Waals surface area (Å²) in [7, 11) is 0. The van der Waals surface area contributed by atoms with E-state index in [1.807, 2.05) is 0 Å². The van der Waals surface area contributed by atoms with Crippen molar-refractivity contribution in [3.63, 3.8) is 0 Å². The van der Waals surface area contributed by atoms with Gasteiger partial charge in [0.2, 0.25) is 0 Å². The molecule has 2 heterocycles. The number of anilines is 1. The molecule has 0 unspecified atom stereocenters. The van der Waals surface area contributed by atoms with Gasteiger partial charge in [0.25, 0.3) is 11.8 Å². The minimum absolute atomic E-state index is 0.209. The normalized spacial score (nSPS) is 17.3. The van der Waals surface area contributed by atoms with Gasteiger partial charge in [0, 0.05) is 48.3 Å². The van der Waals surface area contributed by atoms with Gasteiger partial charge < -0.3 is 26.1 Å². The molecule has 9 heteroatoms. The molecule has 1 spiro atoms. The van der Waals surface area contributed by atoms with E-state index in [1.54, 1.807) is 29.2 Å². The molecule has 1 saturated heterocycles. The van der Waals surface area contributed by atoms with Gasteiger partial charge in [-0.15, -0.1) is 0 Å². The lowest BCUT2D eigenvalue weighted by molar-refractivity contribution is -0.0245. The molecule has 2 amide bonds. The van der Waals surface area contributed by atoms with Crippen LogP contribution in [0, 0.1) is 5.41 Å². The molecule has 7 nitrogen and oxygen atoms in total. The van der Waals surface area contributed by atoms with Gasteiger partial charge in [-0.3, -0.25) is 9.59 Å². The van der Waals surface area contributed by atoms with E-state index in [2.05, 4.69) is 5.32 Å². The fraction of sp³-hybridized carbons (Fsp3) is 0.250. The van der Waals surface area contributed by atoms with Crippen molar-refractivity contribution >= 4 is 46.9 Å². The lowest BCUT2D eigenvalue weighted by Gasteiger charge is -2.44. The van der Waals surface area contributed by atoms with E-state index in [0.717, 1.165) is 6.21 Å². The molecular formula is C20H18Cl2N4O3. The van der Waals surface area contributed by atoms with Crippen molar-refractivity contribution in [1.29, 1.82) is 5.41 Å². The van der Waals surface area contributed by atoms with Gasteiger partial charge in [0.15, 0.2) is 5.72 Å². The Morgan fingerprint density at radius 1 is 1.24 bits per heavy atom. The summed E-state index contributed by atoms with van der Waals surface area (Å²) >= 11 is 12.1. The van der Waals surface area contributed by atoms with E-state index in [1.165, 1.54) is 6.07 Å². The summed E-state index contributed by atoms with van der Waals surface area (Å²) in [6.07, 6.45) is 1.94. The molecule has 2 aromatic carbocycles. The number of piperidine rings is 1. The van der Waals surface area contributed by atoms with Crippen molar-refractivity contribution < 1.29 is 14.3 Å². The Morgan fingerprint density at radius 3 is 2.66 bits per heavy atom. The number of benzene rings is 2. The van der Waals surface area contributed by atoms with Gasteiger partial charge in [-0.25, -0.2) is 0 Å². The van der Waals surface area contributed by atoms with E-state index < -0.39 is 5.72 Å². The first-order valence-electron chi connectivity index (χ1n) is 9.02. The highest BCUT2D eigenvalue weighted by Gasteiger charge is 2.43. The summed E-state index contributed by atoms with van der Waals surface area (Å²) < 4.78 is 6.09. The summed E-state index contributed by atoms with van der Waals surface area (Å²) in [5.41, 5.74) is 6.40. The molecule has 0 atom stereocenters. The van der Waals surface area contributed by atoms with Crippen LogP contribution in [0.1, 0.15) is 39.1 Å². The van der Waals surface area contributed by atoms with Gasteiger partial charge >= 0.3 is 0 Å². The Hall–Kier alpha value is -2.77. The summed E-state index contributed by atoms with van der Waals surface area (Å²) in [5.74, 6) is 0.0347. The van der Waals surface area contributed by atoms with Crippen LogP contribution in [-0.2, 0) is 0 Å². The lowest BCUT2D eigenvalue weighted by atomic mass is 9.96. The van der Waals surface area contributed by atoms with Crippen LogP contribution in [0.25, 0.3) is 0 Å². The molecule has 4 N–H and O–H groups in total. The number of likely N-dealkylation sites (tertiary alicyclic amines) is 1. The van der Waals surface area contributed by atoms with Crippen LogP contribution in [0.4, 0.5) is 5.69 Å². The van der Waals surface area contributed by atoms with Crippen molar-refractivity contribution in [3.05, 3.63) is 57.1 Å². The molecule has 150 valence electrons. The van der Waals surface area contributed by atoms with E-state index in [-0.39, 0.29) is 22.5 Å². The minimum Gasteiger partial charge on any atom is -0.467 e. The third-order valence-corrected chi connectivity index (χ3v) is 5.80. The molecule has 2 aliphatic rings. The van der Waals surface area contributed by atoms with Crippen LogP contribution in [-0.4, -0.2) is 41.7 Å². The quantitative estimate of drug-likeness (QED) is 0.499. The molecule has 2 aliphatic heterocycles. The zero-order chi connectivity index (χ0) is 20.8. The van der Waals surface area contributed by atoms with Crippen LogP contribution in [0.2, 0.25) is 10.0 Å². The smallest absolute Gasteiger partial charge is 0.258 e. The van der Waals surface area contributed by atoms with Gasteiger partial charge in [-0.2, -0.15) is 0 Å². The number of nitrogen functional groups attached to an aromatic ring is 1. The van der Waals surface area contributed by atoms with Crippen molar-refractivity contribution in [2.75, 3.05) is 18.8 Å². The molecular weight excluding hydrogens is 415 g/mol. The van der Waals surface area contributed by atoms with Crippen LogP contribution in [0.15, 0.2) is 30.3 Å². The van der Waals surface area contributed by atoms with Gasteiger partial charge in [0.05, 0.1) is 16.3 Å². The van der Waals surface area contributed by atoms with E-state index in [0.29, 0.717) is 53.4 Å². The topological polar surface area (TPSA) is 109 Å². The Kier molecular flexibility index (Phi) is 4.88. The fourth-order valence-corrected chi connectivity index (χ4v) is 4.04. The van der Waals surface area contributed by atoms with Crippen LogP contribution >= 0.6 is 23.2 Å². The predicted octanol–water partition coefficient (Wildman–Crippen LogP) is 3.33. The Balaban J connectivity index is 1.51. The Morgan fingerprint density at radius 2 is 1.97 bits per heavy atom. The number of fused-ring (bicyclic) bond motifs is 1. The Bertz CT molecular complexity index is 1030. The number of rotatable bonds is 2. The summed E-state index contributed by atoms with van der Waals surface area (Å²) in [6.45, 7) is 0.786. The number of hydrogen-bond acceptors (Lipinski definition) is 5. The number of carbonyl (C=O) groups excluding carboxylic acids is 2. The summed E-state index contributed by atoms with van der Waals surface area (Å²) in [4.78, 5) is 27.1. The maximum Gasteiger partial charge on any atom is 0.258 e. The summed E-state index contributed by atoms with van der Waals surface area (Å²) in [5, 5.41) is 11.1. The van der Waals surface area contributed by atoms with Crippen molar-refractivity contribution in [1.82, 2.24) is 10.2 Å². The standard InChI is InChI=1S/C20H18Cl2N4O3/c21-13-1-2-16-14(9-13)18(27)25-20(29-16)3-5-26(6-4-20)19(28)11-7-12(10-23)17(24)15(22)8-11/h1-2,7-10,23H,3-6,24H2,(H,25,27). The van der Waals surface area contributed by atoms with E-state index in [4.69, 9.17) is 39.1 Å². The number of ether oxygens (including phenoxy) is 1. The van der Waals surface area contributed by atoms with Crippen molar-refractivity contribution in [3.8, 4) is 5.75 Å². The van der Waals surface area contributed by atoms with Crippen LogP contribution < -0.4 is 15.8 Å². The third kappa shape index (κ3) is 3.52. The first-order chi connectivity index (χ1) is 13.8. The number of nitrogens with two attached hydrogens (primary N) is 1. The Labute approximate surface area is 177 Å². The van der Waals surface area contributed by atoms with Gasteiger partial charge in [-0.1, -0.05) is 23.2 Å². The number of halogens is 2. The van der Waals surface area contributed by atoms with Gasteiger partial charge in [-0.05, 0) is 30.3 Å². The molecule has 1 fully saturated rings. The molecule has 0 radical (unpaired) electrons. The number of carbonyl (C=O) groups is 2. The first-order valence-corrected chi connectivity index (χ1v) is 9.77. The maximum atomic E-state index is 12.9. The molecule has 29 heavy (non-hydrogen) atoms. The monoisotopic (exact) mass is 432 g/mol. The van der Waals surface area contributed by atoms with Crippen LogP contribution in [0.3, 0.4) is 0 Å². The van der Waals surface area contributed by atoms with Crippen molar-refractivity contribution in [2.45, 2.75) is 18.6 Å². The van der Waals surface area contributed by atoms with Gasteiger partial charge in [0.1, 0.15) is 5.75 Å². The largest absolute Gasteiger partial charge is 0.467 e. The molecule has 0 saturated carbocycles. The molecule has 4 rings (SSSR count). The summed E-state index contributed by atoms with van der Waals surface area (Å²) in [6, 6.07) is 8.00. The maximum absolute atomic E-state index is 12.9. The fourth-order valence-electron chi connectivity index (χ4n) is 3.64. The molecule has 0 bridgehead atoms. The first kappa shape index (κ1) is 19.5. The number of amides is 2. The van der Waals surface area contributed by atoms with E-state index in [9.17, 15) is 9.59 Å². The van der Waals surface area contributed by atoms with Crippen molar-refractivity contribution in [2.24, 2.45) is 0 Å². The predicted molar refractivity (Wildman–Crippen MR) is 111 cm³/mol. The lowest BCUT2D eigenvalue weighted by Crippen LogP contribution is -2.61. The zero-order valence-electron chi connectivity index (χ0n) is 15.3. The van der Waals surface area contributed by atoms with Crippen LogP contribution in [0.5, 0.6) is 5.75 Å². The van der Waals surface area contributed by atoms with E-state index >= 15 is 0 Å². The third-order valence-electron chi connectivity index (χ3n) is 5.26. The SMILES string of the molecule is N=Cc1cc(C(=O)N2CCC3(CC2)NC(=O)c2cc(Cl)ccc2O3)cc(Cl)c1N. The average molecular weight is 433 g/mol. The average Bonchev–Trinajstić information content (AvgIpc) is 2.71. The highest BCUT2D eigenvalue weighted by atomic mass is 35.5. The molecule has 2 aromatic rings. The molecule has 0 aliphatic carbocycles. The molecule has 0 aromatic heterocycles.